The molecule has 112 valence electrons. The van der Waals surface area contributed by atoms with E-state index in [0.717, 1.165) is 12.1 Å². The Kier molecular flexibility index (Phi) is 5.70. The van der Waals surface area contributed by atoms with E-state index in [1.807, 2.05) is 0 Å². The van der Waals surface area contributed by atoms with E-state index < -0.39 is 0 Å². The van der Waals surface area contributed by atoms with Crippen molar-refractivity contribution in [2.45, 2.75) is 84.2 Å². The first-order valence-corrected chi connectivity index (χ1v) is 8.70. The second kappa shape index (κ2) is 7.08. The van der Waals surface area contributed by atoms with Gasteiger partial charge >= 0.3 is 0 Å². The van der Waals surface area contributed by atoms with E-state index in [1.54, 1.807) is 0 Å². The Morgan fingerprint density at radius 3 is 2.26 bits per heavy atom. The van der Waals surface area contributed by atoms with Gasteiger partial charge in [0.25, 0.3) is 0 Å². The van der Waals surface area contributed by atoms with Crippen LogP contribution >= 0.6 is 0 Å². The van der Waals surface area contributed by atoms with Crippen LogP contribution in [0.4, 0.5) is 0 Å². The van der Waals surface area contributed by atoms with Crippen LogP contribution in [0.25, 0.3) is 0 Å². The Labute approximate surface area is 120 Å². The van der Waals surface area contributed by atoms with Crippen LogP contribution in [0.15, 0.2) is 0 Å². The van der Waals surface area contributed by atoms with Gasteiger partial charge in [-0.2, -0.15) is 0 Å². The average molecular weight is 266 g/mol. The van der Waals surface area contributed by atoms with Crippen LogP contribution in [-0.2, 0) is 0 Å². The van der Waals surface area contributed by atoms with Gasteiger partial charge in [0.1, 0.15) is 0 Å². The molecule has 0 unspecified atom stereocenters. The van der Waals surface area contributed by atoms with Crippen LogP contribution < -0.4 is 5.32 Å². The number of likely N-dealkylation sites (tertiary alicyclic amines) is 1. The number of rotatable bonds is 6. The molecule has 0 aromatic heterocycles. The Morgan fingerprint density at radius 1 is 1.05 bits per heavy atom. The Morgan fingerprint density at radius 2 is 1.74 bits per heavy atom. The summed E-state index contributed by atoms with van der Waals surface area (Å²) in [5.41, 5.74) is 0.650. The molecule has 1 saturated carbocycles. The van der Waals surface area contributed by atoms with E-state index in [9.17, 15) is 0 Å². The Balaban J connectivity index is 1.76. The molecule has 0 radical (unpaired) electrons. The van der Waals surface area contributed by atoms with E-state index in [-0.39, 0.29) is 0 Å². The van der Waals surface area contributed by atoms with Gasteiger partial charge in [0.05, 0.1) is 0 Å². The molecule has 0 aromatic carbocycles. The van der Waals surface area contributed by atoms with Crippen molar-refractivity contribution in [3.8, 4) is 0 Å². The third-order valence-corrected chi connectivity index (χ3v) is 5.86. The van der Waals surface area contributed by atoms with E-state index in [1.165, 1.54) is 71.0 Å². The molecule has 0 amide bonds. The van der Waals surface area contributed by atoms with Gasteiger partial charge in [0, 0.05) is 18.6 Å². The number of nitrogens with one attached hydrogen (secondary N) is 1. The van der Waals surface area contributed by atoms with Gasteiger partial charge < -0.3 is 5.32 Å². The van der Waals surface area contributed by atoms with Crippen LogP contribution in [0.1, 0.15) is 72.1 Å². The fourth-order valence-corrected chi connectivity index (χ4v) is 4.10. The summed E-state index contributed by atoms with van der Waals surface area (Å²) in [6, 6.07) is 1.69. The fourth-order valence-electron chi connectivity index (χ4n) is 4.10. The summed E-state index contributed by atoms with van der Waals surface area (Å²) in [6.45, 7) is 11.0. The van der Waals surface area contributed by atoms with Gasteiger partial charge in [-0.1, -0.05) is 20.8 Å². The number of nitrogens with zero attached hydrogens (tertiary/aromatic N) is 1. The van der Waals surface area contributed by atoms with Gasteiger partial charge in [0.15, 0.2) is 0 Å². The molecule has 2 fully saturated rings. The van der Waals surface area contributed by atoms with Gasteiger partial charge in [-0.25, -0.2) is 0 Å². The quantitative estimate of drug-likeness (QED) is 0.786. The molecule has 1 saturated heterocycles. The smallest absolute Gasteiger partial charge is 0.00966 e. The van der Waals surface area contributed by atoms with Gasteiger partial charge in [0.2, 0.25) is 0 Å². The zero-order chi connectivity index (χ0) is 13.7. The molecule has 0 aromatic rings. The molecule has 1 aliphatic carbocycles. The van der Waals surface area contributed by atoms with Crippen molar-refractivity contribution in [2.75, 3.05) is 19.6 Å². The van der Waals surface area contributed by atoms with Crippen LogP contribution in [0.5, 0.6) is 0 Å². The first-order chi connectivity index (χ1) is 9.23. The minimum atomic E-state index is 0.650. The maximum absolute atomic E-state index is 3.70. The molecule has 1 heterocycles. The average Bonchev–Trinajstić information content (AvgIpc) is 2.91. The molecular formula is C17H34N2. The van der Waals surface area contributed by atoms with Crippen molar-refractivity contribution < 1.29 is 0 Å². The van der Waals surface area contributed by atoms with Crippen molar-refractivity contribution in [3.05, 3.63) is 0 Å². The van der Waals surface area contributed by atoms with E-state index in [4.69, 9.17) is 0 Å². The highest BCUT2D eigenvalue weighted by molar-refractivity contribution is 4.92. The lowest BCUT2D eigenvalue weighted by atomic mass is 9.81. The predicted molar refractivity (Wildman–Crippen MR) is 83.5 cm³/mol. The molecule has 0 atom stereocenters. The molecule has 1 aliphatic heterocycles. The Hall–Kier alpha value is -0.0800. The topological polar surface area (TPSA) is 15.3 Å². The third kappa shape index (κ3) is 3.72. The van der Waals surface area contributed by atoms with Crippen molar-refractivity contribution >= 4 is 0 Å². The first kappa shape index (κ1) is 15.3. The molecule has 0 bridgehead atoms. The lowest BCUT2D eigenvalue weighted by Gasteiger charge is -2.36. The van der Waals surface area contributed by atoms with Crippen LogP contribution in [0, 0.1) is 5.41 Å². The summed E-state index contributed by atoms with van der Waals surface area (Å²) in [7, 11) is 0. The van der Waals surface area contributed by atoms with E-state index in [2.05, 4.69) is 31.0 Å². The molecule has 19 heavy (non-hydrogen) atoms. The normalized spacial score (nSPS) is 31.7. The second-order valence-corrected chi connectivity index (χ2v) is 6.89. The van der Waals surface area contributed by atoms with Crippen LogP contribution in [0.3, 0.4) is 0 Å². The highest BCUT2D eigenvalue weighted by Crippen LogP contribution is 2.39. The summed E-state index contributed by atoms with van der Waals surface area (Å²) in [6.07, 6.45) is 11.1. The summed E-state index contributed by atoms with van der Waals surface area (Å²) >= 11 is 0. The molecular weight excluding hydrogens is 232 g/mol. The van der Waals surface area contributed by atoms with Crippen molar-refractivity contribution in [1.82, 2.24) is 10.2 Å². The van der Waals surface area contributed by atoms with Crippen molar-refractivity contribution in [1.29, 1.82) is 0 Å². The maximum Gasteiger partial charge on any atom is 0.00966 e. The van der Waals surface area contributed by atoms with Gasteiger partial charge in [-0.3, -0.25) is 4.90 Å². The van der Waals surface area contributed by atoms with Crippen molar-refractivity contribution in [2.24, 2.45) is 5.41 Å². The zero-order valence-electron chi connectivity index (χ0n) is 13.4. The molecule has 1 N–H and O–H groups in total. The third-order valence-electron chi connectivity index (χ3n) is 5.86. The monoisotopic (exact) mass is 266 g/mol. The van der Waals surface area contributed by atoms with Gasteiger partial charge in [-0.15, -0.1) is 0 Å². The van der Waals surface area contributed by atoms with Crippen LogP contribution in [-0.4, -0.2) is 36.6 Å². The minimum absolute atomic E-state index is 0.650. The summed E-state index contributed by atoms with van der Waals surface area (Å²) in [5.74, 6) is 0. The minimum Gasteiger partial charge on any atom is -0.314 e. The zero-order valence-corrected chi connectivity index (χ0v) is 13.4. The number of hydrogen-bond donors (Lipinski definition) is 1. The molecule has 2 aliphatic rings. The highest BCUT2D eigenvalue weighted by Gasteiger charge is 2.38. The standard InChI is InChI=1S/C17H34N2/c1-4-12-18-15-7-9-16(10-8-15)19-13-11-17(5-2,6-3)14-19/h15-16,18H,4-14H2,1-3H3. The van der Waals surface area contributed by atoms with Crippen LogP contribution in [0.2, 0.25) is 0 Å². The highest BCUT2D eigenvalue weighted by atomic mass is 15.2. The van der Waals surface area contributed by atoms with E-state index in [0.29, 0.717) is 5.41 Å². The van der Waals surface area contributed by atoms with E-state index >= 15 is 0 Å². The summed E-state index contributed by atoms with van der Waals surface area (Å²) in [5, 5.41) is 3.70. The lowest BCUT2D eigenvalue weighted by molar-refractivity contribution is 0.149. The first-order valence-electron chi connectivity index (χ1n) is 8.70. The second-order valence-electron chi connectivity index (χ2n) is 6.89. The molecule has 2 rings (SSSR count). The summed E-state index contributed by atoms with van der Waals surface area (Å²) < 4.78 is 0. The Bertz CT molecular complexity index is 252. The largest absolute Gasteiger partial charge is 0.314 e. The molecule has 2 heteroatoms. The van der Waals surface area contributed by atoms with Crippen molar-refractivity contribution in [3.63, 3.8) is 0 Å². The molecule has 2 nitrogen and oxygen atoms in total. The summed E-state index contributed by atoms with van der Waals surface area (Å²) in [4.78, 5) is 2.82. The number of hydrogen-bond acceptors (Lipinski definition) is 2. The SMILES string of the molecule is CCCNC1CCC(N2CCC(CC)(CC)C2)CC1. The molecule has 0 spiro atoms. The predicted octanol–water partition coefficient (Wildman–Crippen LogP) is 3.81. The maximum atomic E-state index is 3.70. The fraction of sp³-hybridized carbons (Fsp3) is 1.00. The lowest BCUT2D eigenvalue weighted by Crippen LogP contribution is -2.42. The van der Waals surface area contributed by atoms with Gasteiger partial charge in [-0.05, 0) is 69.9 Å².